The van der Waals surface area contributed by atoms with E-state index < -0.39 is 0 Å². The van der Waals surface area contributed by atoms with E-state index in [4.69, 9.17) is 4.74 Å². The molecule has 2 aromatic carbocycles. The summed E-state index contributed by atoms with van der Waals surface area (Å²) in [5.74, 6) is 0. The minimum absolute atomic E-state index is 0. The number of hydrogen-bond acceptors (Lipinski definition) is 2. The lowest BCUT2D eigenvalue weighted by Crippen LogP contribution is -2.30. The molecule has 2 aromatic rings. The number of hydrogen-bond donors (Lipinski definition) is 0. The Balaban J connectivity index is 0.00000192. The summed E-state index contributed by atoms with van der Waals surface area (Å²) < 4.78 is 6.52. The molecule has 0 bridgehead atoms. The highest BCUT2D eigenvalue weighted by Crippen LogP contribution is 2.29. The van der Waals surface area contributed by atoms with Crippen LogP contribution in [0.25, 0.3) is 0 Å². The smallest absolute Gasteiger partial charge is 0.108 e. The molecular formula is C20H26ClNO. The minimum Gasteiger partial charge on any atom is -0.364 e. The predicted molar refractivity (Wildman–Crippen MR) is 98.2 cm³/mol. The standard InChI is InChI=1S/C20H25NO.ClH/c1-16(2)21-14-13-19(15-21)22-20(17-9-5-3-6-10-17)18-11-7-4-8-12-18;/h3-12,16,19-20H,13-15H2,1-2H3;1H. The van der Waals surface area contributed by atoms with Gasteiger partial charge in [0.2, 0.25) is 0 Å². The average Bonchev–Trinajstić information content (AvgIpc) is 3.03. The number of ether oxygens (including phenoxy) is 1. The van der Waals surface area contributed by atoms with Gasteiger partial charge in [0.05, 0.1) is 6.10 Å². The molecule has 23 heavy (non-hydrogen) atoms. The highest BCUT2D eigenvalue weighted by Gasteiger charge is 2.28. The van der Waals surface area contributed by atoms with Gasteiger partial charge in [-0.05, 0) is 31.4 Å². The molecule has 1 aliphatic rings. The number of rotatable bonds is 5. The van der Waals surface area contributed by atoms with E-state index in [1.165, 1.54) is 11.1 Å². The lowest BCUT2D eigenvalue weighted by atomic mass is 10.0. The zero-order valence-corrected chi connectivity index (χ0v) is 14.7. The molecule has 3 rings (SSSR count). The number of benzene rings is 2. The fourth-order valence-corrected chi connectivity index (χ4v) is 3.13. The second-order valence-electron chi connectivity index (χ2n) is 6.34. The van der Waals surface area contributed by atoms with Gasteiger partial charge in [0, 0.05) is 19.1 Å². The largest absolute Gasteiger partial charge is 0.364 e. The van der Waals surface area contributed by atoms with Crippen LogP contribution in [0.1, 0.15) is 37.5 Å². The number of halogens is 1. The second-order valence-corrected chi connectivity index (χ2v) is 6.34. The van der Waals surface area contributed by atoms with E-state index in [1.807, 2.05) is 0 Å². The molecule has 1 atom stereocenters. The van der Waals surface area contributed by atoms with Crippen molar-refractivity contribution in [1.82, 2.24) is 4.90 Å². The van der Waals surface area contributed by atoms with Crippen LogP contribution in [0.15, 0.2) is 60.7 Å². The maximum absolute atomic E-state index is 6.52. The van der Waals surface area contributed by atoms with E-state index >= 15 is 0 Å². The van der Waals surface area contributed by atoms with E-state index in [1.54, 1.807) is 0 Å². The molecule has 2 nitrogen and oxygen atoms in total. The fourth-order valence-electron chi connectivity index (χ4n) is 3.13. The Bertz CT molecular complexity index is 533. The zero-order chi connectivity index (χ0) is 15.4. The Morgan fingerprint density at radius 2 is 1.43 bits per heavy atom. The Hall–Kier alpha value is -1.35. The molecule has 1 unspecified atom stereocenters. The molecule has 124 valence electrons. The second kappa shape index (κ2) is 8.49. The summed E-state index contributed by atoms with van der Waals surface area (Å²) in [6.07, 6.45) is 1.46. The molecule has 0 radical (unpaired) electrons. The summed E-state index contributed by atoms with van der Waals surface area (Å²) in [6, 6.07) is 21.7. The molecule has 0 aliphatic carbocycles. The van der Waals surface area contributed by atoms with Crippen LogP contribution in [-0.2, 0) is 4.74 Å². The molecule has 0 saturated carbocycles. The van der Waals surface area contributed by atoms with Gasteiger partial charge in [0.1, 0.15) is 6.10 Å². The lowest BCUT2D eigenvalue weighted by molar-refractivity contribution is 0.0126. The van der Waals surface area contributed by atoms with Crippen LogP contribution in [0.5, 0.6) is 0 Å². The minimum atomic E-state index is 0. The molecule has 3 heteroatoms. The van der Waals surface area contributed by atoms with Crippen molar-refractivity contribution in [3.05, 3.63) is 71.8 Å². The Kier molecular flexibility index (Phi) is 6.64. The third-order valence-electron chi connectivity index (χ3n) is 4.44. The van der Waals surface area contributed by atoms with Crippen molar-refractivity contribution >= 4 is 12.4 Å². The normalized spacial score (nSPS) is 18.3. The van der Waals surface area contributed by atoms with Crippen molar-refractivity contribution in [3.8, 4) is 0 Å². The molecular weight excluding hydrogens is 306 g/mol. The van der Waals surface area contributed by atoms with Crippen LogP contribution in [-0.4, -0.2) is 30.1 Å². The molecule has 1 aliphatic heterocycles. The van der Waals surface area contributed by atoms with Crippen LogP contribution in [0.3, 0.4) is 0 Å². The third kappa shape index (κ3) is 4.57. The maximum Gasteiger partial charge on any atom is 0.108 e. The van der Waals surface area contributed by atoms with Crippen LogP contribution in [0.4, 0.5) is 0 Å². The summed E-state index contributed by atoms with van der Waals surface area (Å²) in [4.78, 5) is 2.50. The van der Waals surface area contributed by atoms with Gasteiger partial charge in [-0.3, -0.25) is 4.90 Å². The van der Waals surface area contributed by atoms with Gasteiger partial charge in [0.25, 0.3) is 0 Å². The van der Waals surface area contributed by atoms with Crippen molar-refractivity contribution in [2.45, 2.75) is 38.5 Å². The van der Waals surface area contributed by atoms with Gasteiger partial charge in [-0.25, -0.2) is 0 Å². The quantitative estimate of drug-likeness (QED) is 0.787. The van der Waals surface area contributed by atoms with Crippen LogP contribution >= 0.6 is 12.4 Å². The fraction of sp³-hybridized carbons (Fsp3) is 0.400. The van der Waals surface area contributed by atoms with Crippen LogP contribution in [0.2, 0.25) is 0 Å². The Labute approximate surface area is 145 Å². The van der Waals surface area contributed by atoms with Gasteiger partial charge in [-0.15, -0.1) is 12.4 Å². The molecule has 0 aromatic heterocycles. The van der Waals surface area contributed by atoms with E-state index in [9.17, 15) is 0 Å². The molecule has 1 fully saturated rings. The van der Waals surface area contributed by atoms with Crippen molar-refractivity contribution in [1.29, 1.82) is 0 Å². The Morgan fingerprint density at radius 3 is 1.87 bits per heavy atom. The van der Waals surface area contributed by atoms with Crippen LogP contribution < -0.4 is 0 Å². The zero-order valence-electron chi connectivity index (χ0n) is 13.9. The van der Waals surface area contributed by atoms with Crippen molar-refractivity contribution < 1.29 is 4.74 Å². The predicted octanol–water partition coefficient (Wildman–Crippen LogP) is 4.70. The summed E-state index contributed by atoms with van der Waals surface area (Å²) in [5.41, 5.74) is 2.47. The molecule has 0 N–H and O–H groups in total. The van der Waals surface area contributed by atoms with Gasteiger partial charge in [-0.2, -0.15) is 0 Å². The average molecular weight is 332 g/mol. The molecule has 1 heterocycles. The Morgan fingerprint density at radius 1 is 0.913 bits per heavy atom. The van der Waals surface area contributed by atoms with E-state index in [0.717, 1.165) is 19.5 Å². The summed E-state index contributed by atoms with van der Waals surface area (Å²) in [7, 11) is 0. The topological polar surface area (TPSA) is 12.5 Å². The number of likely N-dealkylation sites (tertiary alicyclic amines) is 1. The first-order valence-electron chi connectivity index (χ1n) is 8.23. The first-order valence-corrected chi connectivity index (χ1v) is 8.23. The number of nitrogens with zero attached hydrogens (tertiary/aromatic N) is 1. The maximum atomic E-state index is 6.52. The summed E-state index contributed by atoms with van der Waals surface area (Å²) >= 11 is 0. The van der Waals surface area contributed by atoms with Gasteiger partial charge >= 0.3 is 0 Å². The van der Waals surface area contributed by atoms with E-state index in [-0.39, 0.29) is 18.5 Å². The van der Waals surface area contributed by atoms with Crippen molar-refractivity contribution in [2.75, 3.05) is 13.1 Å². The molecule has 0 spiro atoms. The van der Waals surface area contributed by atoms with Gasteiger partial charge < -0.3 is 4.74 Å². The first kappa shape index (κ1) is 18.0. The summed E-state index contributed by atoms with van der Waals surface area (Å²) in [5, 5.41) is 0. The van der Waals surface area contributed by atoms with Crippen LogP contribution in [0, 0.1) is 0 Å². The van der Waals surface area contributed by atoms with E-state index in [0.29, 0.717) is 12.1 Å². The third-order valence-corrected chi connectivity index (χ3v) is 4.44. The molecule has 1 saturated heterocycles. The van der Waals surface area contributed by atoms with E-state index in [2.05, 4.69) is 79.4 Å². The van der Waals surface area contributed by atoms with Crippen molar-refractivity contribution in [3.63, 3.8) is 0 Å². The van der Waals surface area contributed by atoms with Crippen molar-refractivity contribution in [2.24, 2.45) is 0 Å². The highest BCUT2D eigenvalue weighted by molar-refractivity contribution is 5.85. The van der Waals surface area contributed by atoms with Gasteiger partial charge in [-0.1, -0.05) is 60.7 Å². The monoisotopic (exact) mass is 331 g/mol. The highest BCUT2D eigenvalue weighted by atomic mass is 35.5. The first-order chi connectivity index (χ1) is 10.7. The SMILES string of the molecule is CC(C)N1CCC(OC(c2ccccc2)c2ccccc2)C1.Cl. The van der Waals surface area contributed by atoms with Gasteiger partial charge in [0.15, 0.2) is 0 Å². The summed E-state index contributed by atoms with van der Waals surface area (Å²) in [6.45, 7) is 6.69. The molecule has 0 amide bonds. The lowest BCUT2D eigenvalue weighted by Gasteiger charge is -2.24.